The minimum atomic E-state index is -0.940. The Labute approximate surface area is 145 Å². The molecule has 0 N–H and O–H groups in total. The molecule has 120 valence electrons. The molecule has 0 saturated carbocycles. The van der Waals surface area contributed by atoms with Crippen LogP contribution in [-0.4, -0.2) is 9.96 Å². The molecular weight excluding hydrogens is 320 g/mol. The van der Waals surface area contributed by atoms with Crippen LogP contribution >= 0.6 is 11.8 Å². The van der Waals surface area contributed by atoms with E-state index >= 15 is 0 Å². The molecule has 2 aromatic carbocycles. The molecule has 0 aliphatic carbocycles. The summed E-state index contributed by atoms with van der Waals surface area (Å²) in [6, 6.07) is 18.9. The highest BCUT2D eigenvalue weighted by molar-refractivity contribution is 8.12. The SMILES string of the molecule is CC1=C(C)C[C@@](Sc2ccccc2)(c2ccc(C)cc2)[S@@](=O)C1. The van der Waals surface area contributed by atoms with Crippen molar-refractivity contribution in [1.29, 1.82) is 0 Å². The maximum Gasteiger partial charge on any atom is 0.124 e. The maximum absolute atomic E-state index is 13.2. The van der Waals surface area contributed by atoms with Gasteiger partial charge in [-0.2, -0.15) is 0 Å². The van der Waals surface area contributed by atoms with Crippen LogP contribution in [0.15, 0.2) is 70.6 Å². The second-order valence-electron chi connectivity index (χ2n) is 6.26. The molecule has 0 saturated heterocycles. The van der Waals surface area contributed by atoms with Crippen molar-refractivity contribution in [3.05, 3.63) is 76.9 Å². The summed E-state index contributed by atoms with van der Waals surface area (Å²) in [7, 11) is -0.940. The Hall–Kier alpha value is -1.32. The summed E-state index contributed by atoms with van der Waals surface area (Å²) in [5, 5.41) is 0. The average molecular weight is 343 g/mol. The van der Waals surface area contributed by atoms with Crippen LogP contribution in [0.25, 0.3) is 0 Å². The Balaban J connectivity index is 2.10. The van der Waals surface area contributed by atoms with Crippen molar-refractivity contribution in [3.8, 4) is 0 Å². The van der Waals surface area contributed by atoms with Gasteiger partial charge in [0.2, 0.25) is 0 Å². The van der Waals surface area contributed by atoms with Crippen LogP contribution in [0.4, 0.5) is 0 Å². The molecule has 0 fully saturated rings. The smallest absolute Gasteiger partial charge is 0.124 e. The standard InChI is InChI=1S/C20H22OS2/c1-15-9-11-18(12-10-15)20(22-19-7-5-4-6-8-19)13-16(2)17(3)14-23(20)21/h4-12H,13-14H2,1-3H3/t20-,23-/m0/s1. The van der Waals surface area contributed by atoms with Crippen molar-refractivity contribution in [1.82, 2.24) is 0 Å². The highest BCUT2D eigenvalue weighted by Gasteiger charge is 2.42. The normalized spacial score (nSPS) is 24.7. The Morgan fingerprint density at radius 1 is 0.913 bits per heavy atom. The Morgan fingerprint density at radius 2 is 1.57 bits per heavy atom. The first-order chi connectivity index (χ1) is 11.0. The second kappa shape index (κ2) is 6.66. The summed E-state index contributed by atoms with van der Waals surface area (Å²) < 4.78 is 12.8. The van der Waals surface area contributed by atoms with E-state index in [-0.39, 0.29) is 0 Å². The predicted octanol–water partition coefficient (Wildman–Crippen LogP) is 5.43. The van der Waals surface area contributed by atoms with E-state index in [0.717, 1.165) is 6.42 Å². The van der Waals surface area contributed by atoms with E-state index in [4.69, 9.17) is 0 Å². The van der Waals surface area contributed by atoms with E-state index in [1.165, 1.54) is 27.2 Å². The number of aryl methyl sites for hydroxylation is 1. The molecular formula is C20H22OS2. The summed E-state index contributed by atoms with van der Waals surface area (Å²) in [5.74, 6) is 0.666. The minimum Gasteiger partial charge on any atom is -0.257 e. The topological polar surface area (TPSA) is 17.1 Å². The fraction of sp³-hybridized carbons (Fsp3) is 0.300. The zero-order valence-electron chi connectivity index (χ0n) is 13.8. The minimum absolute atomic E-state index is 0.390. The molecule has 2 aromatic rings. The van der Waals surface area contributed by atoms with Crippen molar-refractivity contribution in [2.45, 2.75) is 36.2 Å². The first kappa shape index (κ1) is 16.5. The Kier molecular flexibility index (Phi) is 4.79. The molecule has 2 atom stereocenters. The molecule has 0 radical (unpaired) electrons. The molecule has 1 aliphatic rings. The van der Waals surface area contributed by atoms with Crippen molar-refractivity contribution < 1.29 is 4.21 Å². The van der Waals surface area contributed by atoms with Gasteiger partial charge in [0.1, 0.15) is 4.08 Å². The molecule has 1 heterocycles. The van der Waals surface area contributed by atoms with Gasteiger partial charge in [0.15, 0.2) is 0 Å². The van der Waals surface area contributed by atoms with Crippen molar-refractivity contribution >= 4 is 22.6 Å². The van der Waals surface area contributed by atoms with Gasteiger partial charge in [0.05, 0.1) is 0 Å². The number of benzene rings is 2. The average Bonchev–Trinajstić information content (AvgIpc) is 2.54. The summed E-state index contributed by atoms with van der Waals surface area (Å²) in [5.41, 5.74) is 5.05. The van der Waals surface area contributed by atoms with Crippen molar-refractivity contribution in [2.24, 2.45) is 0 Å². The molecule has 0 spiro atoms. The lowest BCUT2D eigenvalue weighted by Gasteiger charge is -2.37. The quantitative estimate of drug-likeness (QED) is 0.692. The number of hydrogen-bond donors (Lipinski definition) is 0. The van der Waals surface area contributed by atoms with Gasteiger partial charge in [0, 0.05) is 21.4 Å². The number of thioether (sulfide) groups is 1. The lowest BCUT2D eigenvalue weighted by Crippen LogP contribution is -2.34. The molecule has 0 bridgehead atoms. The first-order valence-electron chi connectivity index (χ1n) is 7.86. The third-order valence-electron chi connectivity index (χ3n) is 4.46. The molecule has 3 heteroatoms. The van der Waals surface area contributed by atoms with Gasteiger partial charge < -0.3 is 0 Å². The molecule has 3 rings (SSSR count). The highest BCUT2D eigenvalue weighted by Crippen LogP contribution is 2.51. The Morgan fingerprint density at radius 3 is 2.22 bits per heavy atom. The molecule has 23 heavy (non-hydrogen) atoms. The van der Waals surface area contributed by atoms with Gasteiger partial charge in [-0.05, 0) is 44.9 Å². The van der Waals surface area contributed by atoms with E-state index in [2.05, 4.69) is 57.2 Å². The Bertz CT molecular complexity index is 747. The van der Waals surface area contributed by atoms with Gasteiger partial charge >= 0.3 is 0 Å². The van der Waals surface area contributed by atoms with Crippen LogP contribution in [0, 0.1) is 6.92 Å². The zero-order chi connectivity index (χ0) is 16.4. The van der Waals surface area contributed by atoms with Gasteiger partial charge in [-0.1, -0.05) is 59.2 Å². The van der Waals surface area contributed by atoms with Crippen molar-refractivity contribution in [3.63, 3.8) is 0 Å². The van der Waals surface area contributed by atoms with Crippen molar-refractivity contribution in [2.75, 3.05) is 5.75 Å². The van der Waals surface area contributed by atoms with Crippen LogP contribution < -0.4 is 0 Å². The zero-order valence-corrected chi connectivity index (χ0v) is 15.5. The van der Waals surface area contributed by atoms with Crippen LogP contribution in [0.5, 0.6) is 0 Å². The fourth-order valence-corrected chi connectivity index (χ4v) is 6.58. The third-order valence-corrected chi connectivity index (χ3v) is 8.30. The lowest BCUT2D eigenvalue weighted by molar-refractivity contribution is 0.657. The molecule has 1 aliphatic heterocycles. The predicted molar refractivity (Wildman–Crippen MR) is 101 cm³/mol. The lowest BCUT2D eigenvalue weighted by atomic mass is 10.00. The van der Waals surface area contributed by atoms with Crippen LogP contribution in [0.3, 0.4) is 0 Å². The number of hydrogen-bond acceptors (Lipinski definition) is 2. The van der Waals surface area contributed by atoms with Crippen LogP contribution in [-0.2, 0) is 14.9 Å². The summed E-state index contributed by atoms with van der Waals surface area (Å²) in [6.07, 6.45) is 0.841. The van der Waals surface area contributed by atoms with Crippen LogP contribution in [0.2, 0.25) is 0 Å². The maximum atomic E-state index is 13.2. The van der Waals surface area contributed by atoms with Crippen LogP contribution in [0.1, 0.15) is 31.4 Å². The van der Waals surface area contributed by atoms with Gasteiger partial charge in [0.25, 0.3) is 0 Å². The molecule has 0 amide bonds. The second-order valence-corrected chi connectivity index (χ2v) is 9.57. The number of allylic oxidation sites excluding steroid dienone is 1. The monoisotopic (exact) mass is 342 g/mol. The molecule has 0 aromatic heterocycles. The fourth-order valence-electron chi connectivity index (χ4n) is 2.88. The highest BCUT2D eigenvalue weighted by atomic mass is 32.2. The van der Waals surface area contributed by atoms with Gasteiger partial charge in [-0.25, -0.2) is 0 Å². The van der Waals surface area contributed by atoms with Gasteiger partial charge in [-0.15, -0.1) is 11.8 Å². The molecule has 0 unspecified atom stereocenters. The summed E-state index contributed by atoms with van der Waals surface area (Å²) in [6.45, 7) is 6.38. The van der Waals surface area contributed by atoms with E-state index in [0.29, 0.717) is 5.75 Å². The third kappa shape index (κ3) is 3.31. The van der Waals surface area contributed by atoms with E-state index < -0.39 is 14.9 Å². The summed E-state index contributed by atoms with van der Waals surface area (Å²) in [4.78, 5) is 1.17. The van der Waals surface area contributed by atoms with E-state index in [1.54, 1.807) is 11.8 Å². The van der Waals surface area contributed by atoms with Gasteiger partial charge in [-0.3, -0.25) is 4.21 Å². The molecule has 1 nitrogen and oxygen atoms in total. The van der Waals surface area contributed by atoms with E-state index in [1.807, 2.05) is 18.2 Å². The largest absolute Gasteiger partial charge is 0.257 e. The summed E-state index contributed by atoms with van der Waals surface area (Å²) >= 11 is 1.75. The number of rotatable bonds is 3. The first-order valence-corrected chi connectivity index (χ1v) is 10.00. The van der Waals surface area contributed by atoms with E-state index in [9.17, 15) is 4.21 Å².